The van der Waals surface area contributed by atoms with Crippen LogP contribution in [0.5, 0.6) is 11.5 Å². The first-order chi connectivity index (χ1) is 15.2. The summed E-state index contributed by atoms with van der Waals surface area (Å²) in [6, 6.07) is 19.7. The number of fused-ring (bicyclic) bond motifs is 1. The van der Waals surface area contributed by atoms with Crippen molar-refractivity contribution in [2.24, 2.45) is 0 Å². The molecule has 1 fully saturated rings. The number of carbonyl (C=O) groups is 1. The summed E-state index contributed by atoms with van der Waals surface area (Å²) in [4.78, 5) is 18.1. The van der Waals surface area contributed by atoms with Gasteiger partial charge in [-0.2, -0.15) is 5.10 Å². The SMILES string of the molecule is C=CC(=O)N1CC[C@H](n2nc(-c3ccc(Oc4ccccc4)cc3)c3cnccc32)C1. The molecular weight excluding hydrogens is 388 g/mol. The third kappa shape index (κ3) is 3.68. The van der Waals surface area contributed by atoms with E-state index in [0.29, 0.717) is 13.1 Å². The Morgan fingerprint density at radius 1 is 1.06 bits per heavy atom. The van der Waals surface area contributed by atoms with E-state index in [-0.39, 0.29) is 11.9 Å². The van der Waals surface area contributed by atoms with Crippen molar-refractivity contribution in [3.63, 3.8) is 0 Å². The van der Waals surface area contributed by atoms with Gasteiger partial charge < -0.3 is 9.64 Å². The van der Waals surface area contributed by atoms with Gasteiger partial charge in [-0.15, -0.1) is 0 Å². The topological polar surface area (TPSA) is 60.2 Å². The van der Waals surface area contributed by atoms with Gasteiger partial charge in [-0.05, 0) is 55.0 Å². The number of benzene rings is 2. The van der Waals surface area contributed by atoms with Gasteiger partial charge in [-0.25, -0.2) is 0 Å². The average molecular weight is 410 g/mol. The second-order valence-electron chi connectivity index (χ2n) is 7.56. The molecule has 0 N–H and O–H groups in total. The Bertz CT molecular complexity index is 1230. The molecule has 2 aromatic carbocycles. The Kier molecular flexibility index (Phi) is 4.96. The molecule has 1 atom stereocenters. The number of aromatic nitrogens is 3. The van der Waals surface area contributed by atoms with E-state index in [9.17, 15) is 4.79 Å². The van der Waals surface area contributed by atoms with Crippen LogP contribution in [0.15, 0.2) is 85.7 Å². The zero-order valence-corrected chi connectivity index (χ0v) is 17.0. The molecular formula is C25H22N4O2. The number of pyridine rings is 1. The predicted molar refractivity (Wildman–Crippen MR) is 120 cm³/mol. The van der Waals surface area contributed by atoms with Gasteiger partial charge in [0.2, 0.25) is 5.91 Å². The van der Waals surface area contributed by atoms with E-state index < -0.39 is 0 Å². The summed E-state index contributed by atoms with van der Waals surface area (Å²) in [6.07, 6.45) is 5.87. The molecule has 2 aromatic heterocycles. The summed E-state index contributed by atoms with van der Waals surface area (Å²) < 4.78 is 7.94. The lowest BCUT2D eigenvalue weighted by Crippen LogP contribution is -2.27. The molecule has 3 heterocycles. The van der Waals surface area contributed by atoms with E-state index >= 15 is 0 Å². The number of hydrogen-bond donors (Lipinski definition) is 0. The first-order valence-corrected chi connectivity index (χ1v) is 10.3. The summed E-state index contributed by atoms with van der Waals surface area (Å²) in [5, 5.41) is 5.94. The summed E-state index contributed by atoms with van der Waals surface area (Å²) in [5.41, 5.74) is 2.89. The Balaban J connectivity index is 1.45. The molecule has 5 rings (SSSR count). The molecule has 1 amide bonds. The van der Waals surface area contributed by atoms with Gasteiger partial charge in [0.15, 0.2) is 0 Å². The molecule has 6 nitrogen and oxygen atoms in total. The van der Waals surface area contributed by atoms with Crippen molar-refractivity contribution < 1.29 is 9.53 Å². The van der Waals surface area contributed by atoms with Crippen LogP contribution in [0.25, 0.3) is 22.2 Å². The van der Waals surface area contributed by atoms with Crippen molar-refractivity contribution in [1.82, 2.24) is 19.7 Å². The van der Waals surface area contributed by atoms with E-state index in [0.717, 1.165) is 40.1 Å². The van der Waals surface area contributed by atoms with Crippen LogP contribution in [0.2, 0.25) is 0 Å². The number of likely N-dealkylation sites (tertiary alicyclic amines) is 1. The quantitative estimate of drug-likeness (QED) is 0.441. The summed E-state index contributed by atoms with van der Waals surface area (Å²) in [7, 11) is 0. The van der Waals surface area contributed by atoms with Gasteiger partial charge in [0, 0.05) is 36.4 Å². The van der Waals surface area contributed by atoms with Crippen molar-refractivity contribution in [2.75, 3.05) is 13.1 Å². The molecule has 1 saturated heterocycles. The number of hydrogen-bond acceptors (Lipinski definition) is 4. The van der Waals surface area contributed by atoms with Crippen LogP contribution in [0, 0.1) is 0 Å². The van der Waals surface area contributed by atoms with Crippen LogP contribution in [0.4, 0.5) is 0 Å². The maximum atomic E-state index is 12.0. The minimum absolute atomic E-state index is 0.0325. The lowest BCUT2D eigenvalue weighted by molar-refractivity contribution is -0.125. The molecule has 154 valence electrons. The highest BCUT2D eigenvalue weighted by molar-refractivity contribution is 5.93. The van der Waals surface area contributed by atoms with Crippen LogP contribution in [0.3, 0.4) is 0 Å². The molecule has 0 bridgehead atoms. The van der Waals surface area contributed by atoms with Crippen molar-refractivity contribution in [3.8, 4) is 22.8 Å². The molecule has 1 aliphatic rings. The van der Waals surface area contributed by atoms with E-state index in [2.05, 4.69) is 11.6 Å². The third-order valence-corrected chi connectivity index (χ3v) is 5.61. The van der Waals surface area contributed by atoms with Gasteiger partial charge in [0.1, 0.15) is 17.2 Å². The van der Waals surface area contributed by atoms with Gasteiger partial charge in [0.25, 0.3) is 0 Å². The Morgan fingerprint density at radius 3 is 2.61 bits per heavy atom. The zero-order valence-electron chi connectivity index (χ0n) is 17.0. The van der Waals surface area contributed by atoms with Gasteiger partial charge in [-0.1, -0.05) is 24.8 Å². The fourth-order valence-electron chi connectivity index (χ4n) is 4.05. The fourth-order valence-corrected chi connectivity index (χ4v) is 4.05. The Hall–Kier alpha value is -3.93. The van der Waals surface area contributed by atoms with Crippen molar-refractivity contribution >= 4 is 16.8 Å². The minimum Gasteiger partial charge on any atom is -0.457 e. The minimum atomic E-state index is -0.0325. The molecule has 0 unspecified atom stereocenters. The molecule has 6 heteroatoms. The molecule has 0 aliphatic carbocycles. The Morgan fingerprint density at radius 2 is 1.84 bits per heavy atom. The van der Waals surface area contributed by atoms with Crippen molar-refractivity contribution in [3.05, 3.63) is 85.7 Å². The maximum absolute atomic E-state index is 12.0. The van der Waals surface area contributed by atoms with Gasteiger partial charge in [-0.3, -0.25) is 14.5 Å². The standard InChI is InChI=1S/C25H22N4O2/c1-2-24(30)28-15-13-19(17-28)29-23-12-14-26-16-22(23)25(27-29)18-8-10-21(11-9-18)31-20-6-4-3-5-7-20/h2-12,14,16,19H,1,13,15,17H2/t19-/m0/s1. The maximum Gasteiger partial charge on any atom is 0.246 e. The largest absolute Gasteiger partial charge is 0.457 e. The van der Waals surface area contributed by atoms with Crippen LogP contribution < -0.4 is 4.74 Å². The van der Waals surface area contributed by atoms with E-state index in [1.807, 2.05) is 76.4 Å². The molecule has 31 heavy (non-hydrogen) atoms. The number of para-hydroxylation sites is 1. The first-order valence-electron chi connectivity index (χ1n) is 10.3. The third-order valence-electron chi connectivity index (χ3n) is 5.61. The molecule has 0 saturated carbocycles. The second kappa shape index (κ2) is 8.07. The van der Waals surface area contributed by atoms with Crippen molar-refractivity contribution in [1.29, 1.82) is 0 Å². The molecule has 4 aromatic rings. The average Bonchev–Trinajstić information content (AvgIpc) is 3.45. The second-order valence-corrected chi connectivity index (χ2v) is 7.56. The van der Waals surface area contributed by atoms with E-state index in [1.165, 1.54) is 6.08 Å². The van der Waals surface area contributed by atoms with Crippen LogP contribution in [-0.2, 0) is 4.79 Å². The summed E-state index contributed by atoms with van der Waals surface area (Å²) in [5.74, 6) is 1.54. The highest BCUT2D eigenvalue weighted by atomic mass is 16.5. The lowest BCUT2D eigenvalue weighted by Gasteiger charge is -2.15. The number of nitrogens with zero attached hydrogens (tertiary/aromatic N) is 4. The summed E-state index contributed by atoms with van der Waals surface area (Å²) in [6.45, 7) is 4.94. The normalized spacial score (nSPS) is 15.9. The van der Waals surface area contributed by atoms with Crippen LogP contribution in [-0.4, -0.2) is 38.7 Å². The van der Waals surface area contributed by atoms with Crippen LogP contribution >= 0.6 is 0 Å². The molecule has 0 spiro atoms. The van der Waals surface area contributed by atoms with E-state index in [4.69, 9.17) is 9.84 Å². The lowest BCUT2D eigenvalue weighted by atomic mass is 10.1. The smallest absolute Gasteiger partial charge is 0.246 e. The Labute approximate surface area is 180 Å². The fraction of sp³-hybridized carbons (Fsp3) is 0.160. The predicted octanol–water partition coefficient (Wildman–Crippen LogP) is 4.85. The van der Waals surface area contributed by atoms with Gasteiger partial charge >= 0.3 is 0 Å². The monoisotopic (exact) mass is 410 g/mol. The molecule has 0 radical (unpaired) electrons. The number of ether oxygens (including phenoxy) is 1. The van der Waals surface area contributed by atoms with E-state index in [1.54, 1.807) is 6.20 Å². The highest BCUT2D eigenvalue weighted by Crippen LogP contribution is 2.33. The number of carbonyl (C=O) groups excluding carboxylic acids is 1. The zero-order chi connectivity index (χ0) is 21.2. The first kappa shape index (κ1) is 19.1. The highest BCUT2D eigenvalue weighted by Gasteiger charge is 2.28. The number of amides is 1. The number of rotatable bonds is 5. The molecule has 1 aliphatic heterocycles. The van der Waals surface area contributed by atoms with Crippen molar-refractivity contribution in [2.45, 2.75) is 12.5 Å². The van der Waals surface area contributed by atoms with Gasteiger partial charge in [0.05, 0.1) is 11.6 Å². The summed E-state index contributed by atoms with van der Waals surface area (Å²) >= 11 is 0. The van der Waals surface area contributed by atoms with Crippen LogP contribution in [0.1, 0.15) is 12.5 Å².